The maximum atomic E-state index is 3.66. The molecule has 2 nitrogen and oxygen atoms in total. The van der Waals surface area contributed by atoms with E-state index in [0.29, 0.717) is 0 Å². The van der Waals surface area contributed by atoms with E-state index in [0.717, 1.165) is 24.0 Å². The molecule has 1 N–H and O–H groups in total. The lowest BCUT2D eigenvalue weighted by Crippen LogP contribution is -2.43. The van der Waals surface area contributed by atoms with Gasteiger partial charge in [-0.2, -0.15) is 0 Å². The van der Waals surface area contributed by atoms with Crippen LogP contribution in [0.25, 0.3) is 0 Å². The summed E-state index contributed by atoms with van der Waals surface area (Å²) in [6.45, 7) is 9.66. The molecule has 1 atom stereocenters. The molecule has 0 aromatic rings. The minimum Gasteiger partial charge on any atom is -0.314 e. The highest BCUT2D eigenvalue weighted by molar-refractivity contribution is 4.84. The van der Waals surface area contributed by atoms with Gasteiger partial charge in [0.05, 0.1) is 0 Å². The lowest BCUT2D eigenvalue weighted by molar-refractivity contribution is 0.121. The molecular formula is C16H32N2. The molecule has 0 heterocycles. The molecule has 2 fully saturated rings. The second-order valence-corrected chi connectivity index (χ2v) is 6.90. The lowest BCUT2D eigenvalue weighted by atomic mass is 10.1. The molecule has 0 saturated heterocycles. The molecule has 18 heavy (non-hydrogen) atoms. The number of nitrogens with one attached hydrogen (secondary N) is 1. The van der Waals surface area contributed by atoms with E-state index in [9.17, 15) is 0 Å². The minimum atomic E-state index is 0.752. The Morgan fingerprint density at radius 1 is 1.06 bits per heavy atom. The van der Waals surface area contributed by atoms with Crippen molar-refractivity contribution in [3.8, 4) is 0 Å². The van der Waals surface area contributed by atoms with Crippen LogP contribution in [0.2, 0.25) is 0 Å². The Bertz CT molecular complexity index is 229. The van der Waals surface area contributed by atoms with Gasteiger partial charge in [-0.05, 0) is 51.5 Å². The van der Waals surface area contributed by atoms with E-state index >= 15 is 0 Å². The summed E-state index contributed by atoms with van der Waals surface area (Å²) in [4.78, 5) is 2.81. The van der Waals surface area contributed by atoms with Gasteiger partial charge in [-0.3, -0.25) is 4.90 Å². The fraction of sp³-hybridized carbons (Fsp3) is 1.00. The average molecular weight is 252 g/mol. The van der Waals surface area contributed by atoms with Gasteiger partial charge < -0.3 is 5.32 Å². The maximum Gasteiger partial charge on any atom is 0.00981 e. The molecule has 0 amide bonds. The molecular weight excluding hydrogens is 220 g/mol. The van der Waals surface area contributed by atoms with Crippen LogP contribution in [0.1, 0.15) is 65.7 Å². The van der Waals surface area contributed by atoms with E-state index in [-0.39, 0.29) is 0 Å². The zero-order chi connectivity index (χ0) is 13.0. The molecule has 2 saturated carbocycles. The summed E-state index contributed by atoms with van der Waals surface area (Å²) < 4.78 is 0. The van der Waals surface area contributed by atoms with Crippen LogP contribution in [0.4, 0.5) is 0 Å². The van der Waals surface area contributed by atoms with Crippen LogP contribution in [0.5, 0.6) is 0 Å². The summed E-state index contributed by atoms with van der Waals surface area (Å²) >= 11 is 0. The lowest BCUT2D eigenvalue weighted by Gasteiger charge is -2.36. The Labute approximate surface area is 114 Å². The largest absolute Gasteiger partial charge is 0.314 e. The molecule has 1 unspecified atom stereocenters. The fourth-order valence-corrected chi connectivity index (χ4v) is 3.30. The van der Waals surface area contributed by atoms with Crippen molar-refractivity contribution in [1.29, 1.82) is 0 Å². The third-order valence-electron chi connectivity index (χ3n) is 4.51. The first-order chi connectivity index (χ1) is 8.66. The second kappa shape index (κ2) is 6.91. The van der Waals surface area contributed by atoms with E-state index < -0.39 is 0 Å². The van der Waals surface area contributed by atoms with Gasteiger partial charge in [-0.1, -0.05) is 26.7 Å². The number of rotatable bonds is 8. The SMILES string of the molecule is CC(C)CN(C(C)CCNC1CC1)C1CCCC1. The standard InChI is InChI=1S/C16H32N2/c1-13(2)12-18(16-6-4-5-7-16)14(3)10-11-17-15-8-9-15/h13-17H,4-12H2,1-3H3. The third-order valence-corrected chi connectivity index (χ3v) is 4.51. The van der Waals surface area contributed by atoms with Crippen molar-refractivity contribution in [2.45, 2.75) is 83.8 Å². The second-order valence-electron chi connectivity index (χ2n) is 6.90. The van der Waals surface area contributed by atoms with E-state index in [1.54, 1.807) is 0 Å². The normalized spacial score (nSPS) is 23.2. The smallest absolute Gasteiger partial charge is 0.00981 e. The predicted molar refractivity (Wildman–Crippen MR) is 78.9 cm³/mol. The first-order valence-corrected chi connectivity index (χ1v) is 8.16. The summed E-state index contributed by atoms with van der Waals surface area (Å²) in [7, 11) is 0. The molecule has 0 aliphatic heterocycles. The third kappa shape index (κ3) is 4.55. The van der Waals surface area contributed by atoms with Gasteiger partial charge >= 0.3 is 0 Å². The Morgan fingerprint density at radius 3 is 2.28 bits per heavy atom. The topological polar surface area (TPSA) is 15.3 Å². The van der Waals surface area contributed by atoms with Crippen LogP contribution < -0.4 is 5.32 Å². The molecule has 0 aromatic carbocycles. The van der Waals surface area contributed by atoms with Gasteiger partial charge in [-0.25, -0.2) is 0 Å². The summed E-state index contributed by atoms with van der Waals surface area (Å²) in [5, 5.41) is 3.66. The van der Waals surface area contributed by atoms with Gasteiger partial charge in [0.15, 0.2) is 0 Å². The van der Waals surface area contributed by atoms with Crippen molar-refractivity contribution in [2.75, 3.05) is 13.1 Å². The summed E-state index contributed by atoms with van der Waals surface area (Å²) in [5.41, 5.74) is 0. The molecule has 2 aliphatic rings. The van der Waals surface area contributed by atoms with Crippen LogP contribution in [-0.2, 0) is 0 Å². The van der Waals surface area contributed by atoms with Crippen LogP contribution in [-0.4, -0.2) is 36.1 Å². The van der Waals surface area contributed by atoms with Crippen LogP contribution in [0.15, 0.2) is 0 Å². The summed E-state index contributed by atoms with van der Waals surface area (Å²) in [5.74, 6) is 0.796. The zero-order valence-electron chi connectivity index (χ0n) is 12.6. The average Bonchev–Trinajstić information content (AvgIpc) is 2.98. The monoisotopic (exact) mass is 252 g/mol. The van der Waals surface area contributed by atoms with Crippen molar-refractivity contribution in [1.82, 2.24) is 10.2 Å². The fourth-order valence-electron chi connectivity index (χ4n) is 3.30. The number of hydrogen-bond acceptors (Lipinski definition) is 2. The van der Waals surface area contributed by atoms with Gasteiger partial charge in [0.2, 0.25) is 0 Å². The van der Waals surface area contributed by atoms with E-state index in [1.807, 2.05) is 0 Å². The van der Waals surface area contributed by atoms with Crippen molar-refractivity contribution in [2.24, 2.45) is 5.92 Å². The molecule has 0 bridgehead atoms. The van der Waals surface area contributed by atoms with Crippen molar-refractivity contribution in [3.05, 3.63) is 0 Å². The Hall–Kier alpha value is -0.0800. The molecule has 106 valence electrons. The van der Waals surface area contributed by atoms with Crippen molar-refractivity contribution in [3.63, 3.8) is 0 Å². The first-order valence-electron chi connectivity index (χ1n) is 8.16. The molecule has 0 aromatic heterocycles. The van der Waals surface area contributed by atoms with Crippen LogP contribution in [0, 0.1) is 5.92 Å². The van der Waals surface area contributed by atoms with Crippen LogP contribution >= 0.6 is 0 Å². The minimum absolute atomic E-state index is 0.752. The first kappa shape index (κ1) is 14.3. The number of hydrogen-bond donors (Lipinski definition) is 1. The van der Waals surface area contributed by atoms with Gasteiger partial charge in [0.1, 0.15) is 0 Å². The number of nitrogens with zero attached hydrogens (tertiary/aromatic N) is 1. The van der Waals surface area contributed by atoms with Gasteiger partial charge in [0.25, 0.3) is 0 Å². The molecule has 0 radical (unpaired) electrons. The van der Waals surface area contributed by atoms with E-state index in [2.05, 4.69) is 31.0 Å². The molecule has 0 spiro atoms. The zero-order valence-corrected chi connectivity index (χ0v) is 12.6. The highest BCUT2D eigenvalue weighted by Gasteiger charge is 2.27. The Kier molecular flexibility index (Phi) is 5.50. The summed E-state index contributed by atoms with van der Waals surface area (Å²) in [6, 6.07) is 2.49. The Morgan fingerprint density at radius 2 is 1.72 bits per heavy atom. The van der Waals surface area contributed by atoms with Crippen molar-refractivity contribution < 1.29 is 0 Å². The Balaban J connectivity index is 1.76. The van der Waals surface area contributed by atoms with Crippen molar-refractivity contribution >= 4 is 0 Å². The van der Waals surface area contributed by atoms with E-state index in [1.165, 1.54) is 58.0 Å². The highest BCUT2D eigenvalue weighted by Crippen LogP contribution is 2.27. The predicted octanol–water partition coefficient (Wildman–Crippen LogP) is 3.42. The quantitative estimate of drug-likeness (QED) is 0.712. The molecule has 2 heteroatoms. The highest BCUT2D eigenvalue weighted by atomic mass is 15.2. The molecule has 2 rings (SSSR count). The summed E-state index contributed by atoms with van der Waals surface area (Å²) in [6.07, 6.45) is 9.91. The maximum absolute atomic E-state index is 3.66. The van der Waals surface area contributed by atoms with Crippen LogP contribution in [0.3, 0.4) is 0 Å². The molecule has 2 aliphatic carbocycles. The van der Waals surface area contributed by atoms with E-state index in [4.69, 9.17) is 0 Å². The van der Waals surface area contributed by atoms with Gasteiger partial charge in [0, 0.05) is 24.7 Å². The van der Waals surface area contributed by atoms with Gasteiger partial charge in [-0.15, -0.1) is 0 Å².